The van der Waals surface area contributed by atoms with Crippen LogP contribution in [0, 0.1) is 0 Å². The normalized spacial score (nSPS) is 10.8. The Labute approximate surface area is 103 Å². The molecule has 0 unspecified atom stereocenters. The lowest BCUT2D eigenvalue weighted by atomic mass is 10.3. The van der Waals surface area contributed by atoms with Crippen LogP contribution in [0.25, 0.3) is 0 Å². The summed E-state index contributed by atoms with van der Waals surface area (Å²) in [6.45, 7) is 7.13. The average molecular weight is 242 g/mol. The summed E-state index contributed by atoms with van der Waals surface area (Å²) in [6.07, 6.45) is 3.49. The van der Waals surface area contributed by atoms with E-state index >= 15 is 0 Å². The molecule has 0 heterocycles. The highest BCUT2D eigenvalue weighted by Gasteiger charge is 2.01. The van der Waals surface area contributed by atoms with Crippen molar-refractivity contribution in [2.24, 2.45) is 0 Å². The molecule has 98 valence electrons. The number of carbonyl (C=O) groups is 2. The van der Waals surface area contributed by atoms with Gasteiger partial charge in [0.1, 0.15) is 0 Å². The molecule has 0 fully saturated rings. The molecule has 0 spiro atoms. The van der Waals surface area contributed by atoms with E-state index in [1.807, 2.05) is 13.8 Å². The van der Waals surface area contributed by atoms with E-state index in [1.54, 1.807) is 13.0 Å². The lowest BCUT2D eigenvalue weighted by Crippen LogP contribution is -2.32. The number of amides is 1. The summed E-state index contributed by atoms with van der Waals surface area (Å²) in [6, 6.07) is 0.172. The zero-order valence-corrected chi connectivity index (χ0v) is 10.8. The molecule has 0 aliphatic rings. The first-order valence-corrected chi connectivity index (χ1v) is 5.89. The minimum absolute atomic E-state index is 0.0295. The molecule has 0 saturated heterocycles. The van der Waals surface area contributed by atoms with Crippen molar-refractivity contribution in [1.82, 2.24) is 10.6 Å². The number of rotatable bonds is 8. The number of hydrogen-bond acceptors (Lipinski definition) is 4. The Balaban J connectivity index is 3.46. The largest absolute Gasteiger partial charge is 0.463 e. The van der Waals surface area contributed by atoms with Crippen molar-refractivity contribution < 1.29 is 14.3 Å². The Bertz CT molecular complexity index is 262. The molecule has 0 aromatic heterocycles. The predicted molar refractivity (Wildman–Crippen MR) is 66.5 cm³/mol. The molecular formula is C12H22N2O3. The number of ether oxygens (including phenoxy) is 1. The summed E-state index contributed by atoms with van der Waals surface area (Å²) in [5.74, 6) is -0.311. The van der Waals surface area contributed by atoms with Gasteiger partial charge in [0.05, 0.1) is 6.61 Å². The molecule has 0 bridgehead atoms. The van der Waals surface area contributed by atoms with Gasteiger partial charge in [-0.3, -0.25) is 4.79 Å². The molecule has 0 atom stereocenters. The Kier molecular flexibility index (Phi) is 9.05. The van der Waals surface area contributed by atoms with Crippen LogP contribution in [0.2, 0.25) is 0 Å². The molecule has 0 aliphatic carbocycles. The van der Waals surface area contributed by atoms with Crippen LogP contribution < -0.4 is 10.6 Å². The second-order valence-corrected chi connectivity index (χ2v) is 3.83. The Morgan fingerprint density at radius 2 is 2.06 bits per heavy atom. The van der Waals surface area contributed by atoms with Gasteiger partial charge in [0.25, 0.3) is 0 Å². The van der Waals surface area contributed by atoms with Crippen LogP contribution in [0.3, 0.4) is 0 Å². The minimum atomic E-state index is -0.341. The molecule has 1 amide bonds. The fourth-order valence-corrected chi connectivity index (χ4v) is 1.13. The fourth-order valence-electron chi connectivity index (χ4n) is 1.13. The molecule has 5 heteroatoms. The molecule has 0 aromatic carbocycles. The van der Waals surface area contributed by atoms with Crippen LogP contribution in [-0.4, -0.2) is 37.6 Å². The minimum Gasteiger partial charge on any atom is -0.463 e. The second-order valence-electron chi connectivity index (χ2n) is 3.83. The van der Waals surface area contributed by atoms with Gasteiger partial charge in [-0.25, -0.2) is 4.79 Å². The summed E-state index contributed by atoms with van der Waals surface area (Å²) in [5, 5.41) is 5.83. The van der Waals surface area contributed by atoms with E-state index in [1.165, 1.54) is 6.08 Å². The third kappa shape index (κ3) is 10.9. The first-order chi connectivity index (χ1) is 8.06. The van der Waals surface area contributed by atoms with Crippen LogP contribution in [0.5, 0.6) is 0 Å². The van der Waals surface area contributed by atoms with Gasteiger partial charge in [-0.2, -0.15) is 0 Å². The molecule has 0 aliphatic heterocycles. The monoisotopic (exact) mass is 242 g/mol. The standard InChI is InChI=1S/C12H22N2O3/c1-4-17-12(16)6-5-8-13-9-7-11(15)14-10(2)3/h5-6,10,13H,4,7-9H2,1-3H3,(H,14,15)/b6-5+. The summed E-state index contributed by atoms with van der Waals surface area (Å²) in [4.78, 5) is 22.1. The van der Waals surface area contributed by atoms with Gasteiger partial charge < -0.3 is 15.4 Å². The van der Waals surface area contributed by atoms with Gasteiger partial charge in [0.15, 0.2) is 0 Å². The third-order valence-electron chi connectivity index (χ3n) is 1.78. The van der Waals surface area contributed by atoms with Crippen molar-refractivity contribution in [2.45, 2.75) is 33.2 Å². The van der Waals surface area contributed by atoms with E-state index in [2.05, 4.69) is 10.6 Å². The zero-order valence-electron chi connectivity index (χ0n) is 10.8. The van der Waals surface area contributed by atoms with E-state index in [0.29, 0.717) is 26.1 Å². The van der Waals surface area contributed by atoms with Crippen LogP contribution in [0.4, 0.5) is 0 Å². The highest BCUT2D eigenvalue weighted by molar-refractivity contribution is 5.81. The van der Waals surface area contributed by atoms with E-state index in [9.17, 15) is 9.59 Å². The fraction of sp³-hybridized carbons (Fsp3) is 0.667. The number of carbonyl (C=O) groups excluding carboxylic acids is 2. The highest BCUT2D eigenvalue weighted by atomic mass is 16.5. The SMILES string of the molecule is CCOC(=O)/C=C/CNCCC(=O)NC(C)C. The molecule has 0 rings (SSSR count). The lowest BCUT2D eigenvalue weighted by molar-refractivity contribution is -0.137. The topological polar surface area (TPSA) is 67.4 Å². The second kappa shape index (κ2) is 9.84. The van der Waals surface area contributed by atoms with Crippen molar-refractivity contribution in [2.75, 3.05) is 19.7 Å². The average Bonchev–Trinajstić information content (AvgIpc) is 2.22. The van der Waals surface area contributed by atoms with Gasteiger partial charge >= 0.3 is 5.97 Å². The van der Waals surface area contributed by atoms with Crippen molar-refractivity contribution in [3.8, 4) is 0 Å². The lowest BCUT2D eigenvalue weighted by Gasteiger charge is -2.07. The number of nitrogens with one attached hydrogen (secondary N) is 2. The Morgan fingerprint density at radius 3 is 2.65 bits per heavy atom. The summed E-state index contributed by atoms with van der Waals surface area (Å²) >= 11 is 0. The molecule has 0 saturated carbocycles. The van der Waals surface area contributed by atoms with E-state index in [-0.39, 0.29) is 17.9 Å². The third-order valence-corrected chi connectivity index (χ3v) is 1.78. The molecule has 17 heavy (non-hydrogen) atoms. The summed E-state index contributed by atoms with van der Waals surface area (Å²) in [7, 11) is 0. The molecule has 0 aromatic rings. The van der Waals surface area contributed by atoms with Crippen molar-refractivity contribution >= 4 is 11.9 Å². The summed E-state index contributed by atoms with van der Waals surface area (Å²) in [5.41, 5.74) is 0. The first kappa shape index (κ1) is 15.6. The number of hydrogen-bond donors (Lipinski definition) is 2. The van der Waals surface area contributed by atoms with Crippen molar-refractivity contribution in [3.63, 3.8) is 0 Å². The smallest absolute Gasteiger partial charge is 0.330 e. The van der Waals surface area contributed by atoms with Crippen LogP contribution in [0.1, 0.15) is 27.2 Å². The van der Waals surface area contributed by atoms with Crippen LogP contribution in [0.15, 0.2) is 12.2 Å². The molecule has 0 radical (unpaired) electrons. The Morgan fingerprint density at radius 1 is 1.35 bits per heavy atom. The van der Waals surface area contributed by atoms with Gasteiger partial charge in [0.2, 0.25) is 5.91 Å². The number of esters is 1. The molecular weight excluding hydrogens is 220 g/mol. The van der Waals surface area contributed by atoms with Crippen LogP contribution >= 0.6 is 0 Å². The van der Waals surface area contributed by atoms with E-state index < -0.39 is 0 Å². The highest BCUT2D eigenvalue weighted by Crippen LogP contribution is 1.83. The van der Waals surface area contributed by atoms with Gasteiger partial charge in [-0.1, -0.05) is 6.08 Å². The maximum absolute atomic E-state index is 11.2. The van der Waals surface area contributed by atoms with Crippen molar-refractivity contribution in [1.29, 1.82) is 0 Å². The maximum atomic E-state index is 11.2. The van der Waals surface area contributed by atoms with E-state index in [4.69, 9.17) is 4.74 Å². The predicted octanol–water partition coefficient (Wildman–Crippen LogP) is 0.610. The summed E-state index contributed by atoms with van der Waals surface area (Å²) < 4.78 is 4.71. The quantitative estimate of drug-likeness (QED) is 0.372. The molecule has 5 nitrogen and oxygen atoms in total. The first-order valence-electron chi connectivity index (χ1n) is 5.89. The molecule has 2 N–H and O–H groups in total. The zero-order chi connectivity index (χ0) is 13.1. The van der Waals surface area contributed by atoms with Crippen molar-refractivity contribution in [3.05, 3.63) is 12.2 Å². The van der Waals surface area contributed by atoms with Gasteiger partial charge in [0, 0.05) is 31.6 Å². The van der Waals surface area contributed by atoms with E-state index in [0.717, 1.165) is 0 Å². The van der Waals surface area contributed by atoms with Gasteiger partial charge in [-0.15, -0.1) is 0 Å². The maximum Gasteiger partial charge on any atom is 0.330 e. The van der Waals surface area contributed by atoms with Gasteiger partial charge in [-0.05, 0) is 20.8 Å². The Hall–Kier alpha value is -1.36. The van der Waals surface area contributed by atoms with Crippen LogP contribution in [-0.2, 0) is 14.3 Å².